The highest BCUT2D eigenvalue weighted by atomic mass is 35.5. The zero-order chi connectivity index (χ0) is 26.5. The second kappa shape index (κ2) is 12.6. The molecule has 1 atom stereocenters. The maximum Gasteiger partial charge on any atom is 0.344 e. The van der Waals surface area contributed by atoms with Gasteiger partial charge in [-0.3, -0.25) is 0 Å². The Morgan fingerprint density at radius 3 is 2.58 bits per heavy atom. The number of sulfonamides is 1. The summed E-state index contributed by atoms with van der Waals surface area (Å²) in [6.07, 6.45) is 0.720. The van der Waals surface area contributed by atoms with E-state index >= 15 is 0 Å². The van der Waals surface area contributed by atoms with Crippen molar-refractivity contribution < 1.29 is 22.7 Å². The summed E-state index contributed by atoms with van der Waals surface area (Å²) in [4.78, 5) is 12.6. The number of nitrogens with zero attached hydrogens (tertiary/aromatic N) is 1. The van der Waals surface area contributed by atoms with E-state index in [2.05, 4.69) is 0 Å². The lowest BCUT2D eigenvalue weighted by atomic mass is 10.2. The smallest absolute Gasteiger partial charge is 0.344 e. The van der Waals surface area contributed by atoms with Crippen LogP contribution in [0.15, 0.2) is 45.5 Å². The Kier molecular flexibility index (Phi) is 10.1. The molecule has 0 fully saturated rings. The van der Waals surface area contributed by atoms with Gasteiger partial charge in [0.25, 0.3) is 10.0 Å². The van der Waals surface area contributed by atoms with E-state index in [1.54, 1.807) is 29.1 Å². The normalized spacial score (nSPS) is 12.8. The van der Waals surface area contributed by atoms with E-state index in [9.17, 15) is 13.2 Å². The van der Waals surface area contributed by atoms with Gasteiger partial charge < -0.3 is 9.47 Å². The molecule has 0 radical (unpaired) electrons. The molecule has 0 saturated carbocycles. The minimum Gasteiger partial charge on any atom is -0.482 e. The number of halogens is 1. The highest BCUT2D eigenvalue weighted by molar-refractivity contribution is 8.00. The summed E-state index contributed by atoms with van der Waals surface area (Å²) >= 11 is 9.06. The molecule has 0 aliphatic rings. The van der Waals surface area contributed by atoms with Crippen molar-refractivity contribution in [1.29, 1.82) is 0 Å². The third kappa shape index (κ3) is 6.95. The Bertz CT molecular complexity index is 1320. The number of aryl methyl sites for hydroxylation is 2. The molecular weight excluding hydrogens is 538 g/mol. The number of hydrogen-bond donors (Lipinski definition) is 0. The third-order valence-corrected chi connectivity index (χ3v) is 10.5. The quantitative estimate of drug-likeness (QED) is 0.179. The van der Waals surface area contributed by atoms with Gasteiger partial charge in [0.05, 0.1) is 6.61 Å². The van der Waals surface area contributed by atoms with Gasteiger partial charge in [0.1, 0.15) is 9.96 Å². The second-order valence-corrected chi connectivity index (χ2v) is 13.6. The number of carbonyl (C=O) groups is 1. The molecule has 2 aromatic carbocycles. The molecule has 0 N–H and O–H groups in total. The Morgan fingerprint density at radius 1 is 1.17 bits per heavy atom. The van der Waals surface area contributed by atoms with Gasteiger partial charge in [0.15, 0.2) is 6.61 Å². The number of thioether (sulfide) groups is 1. The number of fused-ring (bicyclic) bond motifs is 1. The van der Waals surface area contributed by atoms with Gasteiger partial charge in [-0.2, -0.15) is 4.31 Å². The SMILES string of the molecule is CCCN(C[C@@H](C)Sc1ccc(OCC(=O)OCC)c(C)c1)S(=O)(=O)c1sc2ccc(Cl)cc2c1C. The van der Waals surface area contributed by atoms with Crippen molar-refractivity contribution in [2.75, 3.05) is 26.3 Å². The Balaban J connectivity index is 1.73. The van der Waals surface area contributed by atoms with Gasteiger partial charge in [-0.05, 0) is 80.1 Å². The average Bonchev–Trinajstić information content (AvgIpc) is 3.15. The number of hydrogen-bond acceptors (Lipinski definition) is 7. The molecule has 0 unspecified atom stereocenters. The summed E-state index contributed by atoms with van der Waals surface area (Å²) in [5.41, 5.74) is 1.64. The van der Waals surface area contributed by atoms with Crippen molar-refractivity contribution >= 4 is 60.8 Å². The lowest BCUT2D eigenvalue weighted by Gasteiger charge is -2.24. The highest BCUT2D eigenvalue weighted by Gasteiger charge is 2.30. The van der Waals surface area contributed by atoms with Crippen LogP contribution in [-0.2, 0) is 19.6 Å². The first-order chi connectivity index (χ1) is 17.1. The Hall–Kier alpha value is -1.78. The molecule has 0 amide bonds. The predicted octanol–water partition coefficient (Wildman–Crippen LogP) is 6.69. The largest absolute Gasteiger partial charge is 0.482 e. The van der Waals surface area contributed by atoms with E-state index in [0.717, 1.165) is 32.5 Å². The Labute approximate surface area is 227 Å². The molecule has 6 nitrogen and oxygen atoms in total. The van der Waals surface area contributed by atoms with Crippen molar-refractivity contribution in [3.05, 3.63) is 52.5 Å². The third-order valence-electron chi connectivity index (χ3n) is 5.50. The first-order valence-corrected chi connectivity index (χ1v) is 15.3. The lowest BCUT2D eigenvalue weighted by molar-refractivity contribution is -0.145. The summed E-state index contributed by atoms with van der Waals surface area (Å²) < 4.78 is 40.7. The fourth-order valence-electron chi connectivity index (χ4n) is 3.85. The standard InChI is InChI=1S/C26H32ClNO5S3/c1-6-12-28(36(30,31)26-19(5)22-14-20(27)8-11-24(22)35-26)15-18(4)34-21-9-10-23(17(3)13-21)33-16-25(29)32-7-2/h8-11,13-14,18H,6-7,12,15-16H2,1-5H3/t18-/m1/s1. The summed E-state index contributed by atoms with van der Waals surface area (Å²) in [5, 5.41) is 1.49. The molecule has 0 saturated heterocycles. The van der Waals surface area contributed by atoms with E-state index in [4.69, 9.17) is 21.1 Å². The van der Waals surface area contributed by atoms with Gasteiger partial charge in [-0.15, -0.1) is 23.1 Å². The monoisotopic (exact) mass is 569 g/mol. The molecule has 196 valence electrons. The molecular formula is C26H32ClNO5S3. The van der Waals surface area contributed by atoms with Crippen LogP contribution in [0.25, 0.3) is 10.1 Å². The maximum absolute atomic E-state index is 13.7. The van der Waals surface area contributed by atoms with Crippen molar-refractivity contribution in [3.63, 3.8) is 0 Å². The topological polar surface area (TPSA) is 72.9 Å². The minimum atomic E-state index is -3.66. The van der Waals surface area contributed by atoms with Gasteiger partial charge in [-0.1, -0.05) is 25.4 Å². The molecule has 1 aromatic heterocycles. The van der Waals surface area contributed by atoms with Crippen LogP contribution in [0.5, 0.6) is 5.75 Å². The zero-order valence-electron chi connectivity index (χ0n) is 21.2. The number of carbonyl (C=O) groups excluding carboxylic acids is 1. The van der Waals surface area contributed by atoms with E-state index in [-0.39, 0.29) is 11.9 Å². The fourth-order valence-corrected chi connectivity index (χ4v) is 8.72. The van der Waals surface area contributed by atoms with Crippen molar-refractivity contribution in [3.8, 4) is 5.75 Å². The average molecular weight is 570 g/mol. The van der Waals surface area contributed by atoms with Crippen LogP contribution in [0.4, 0.5) is 0 Å². The zero-order valence-corrected chi connectivity index (χ0v) is 24.4. The van der Waals surface area contributed by atoms with E-state index in [1.807, 2.05) is 58.0 Å². The number of rotatable bonds is 12. The second-order valence-electron chi connectivity index (χ2n) is 8.47. The van der Waals surface area contributed by atoms with Crippen LogP contribution in [0.1, 0.15) is 38.3 Å². The number of esters is 1. The van der Waals surface area contributed by atoms with Crippen LogP contribution >= 0.6 is 34.7 Å². The van der Waals surface area contributed by atoms with E-state index < -0.39 is 16.0 Å². The van der Waals surface area contributed by atoms with E-state index in [1.165, 1.54) is 11.3 Å². The van der Waals surface area contributed by atoms with Crippen LogP contribution in [-0.4, -0.2) is 50.2 Å². The molecule has 3 rings (SSSR count). The summed E-state index contributed by atoms with van der Waals surface area (Å²) in [6, 6.07) is 11.2. The van der Waals surface area contributed by atoms with Gasteiger partial charge in [0, 0.05) is 33.0 Å². The first kappa shape index (κ1) is 28.8. The molecule has 0 aliphatic carbocycles. The van der Waals surface area contributed by atoms with Crippen molar-refractivity contribution in [1.82, 2.24) is 4.31 Å². The molecule has 0 bridgehead atoms. The summed E-state index contributed by atoms with van der Waals surface area (Å²) in [5.74, 6) is 0.216. The van der Waals surface area contributed by atoms with Crippen LogP contribution < -0.4 is 4.74 Å². The molecule has 10 heteroatoms. The molecule has 0 aliphatic heterocycles. The predicted molar refractivity (Wildman–Crippen MR) is 149 cm³/mol. The lowest BCUT2D eigenvalue weighted by Crippen LogP contribution is -2.36. The van der Waals surface area contributed by atoms with Crippen LogP contribution in [0, 0.1) is 13.8 Å². The van der Waals surface area contributed by atoms with Crippen LogP contribution in [0.2, 0.25) is 5.02 Å². The van der Waals surface area contributed by atoms with Gasteiger partial charge >= 0.3 is 5.97 Å². The summed E-state index contributed by atoms with van der Waals surface area (Å²) in [6.45, 7) is 10.5. The number of benzene rings is 2. The van der Waals surface area contributed by atoms with E-state index in [0.29, 0.717) is 34.7 Å². The molecule has 1 heterocycles. The highest BCUT2D eigenvalue weighted by Crippen LogP contribution is 2.37. The molecule has 0 spiro atoms. The Morgan fingerprint density at radius 2 is 1.92 bits per heavy atom. The van der Waals surface area contributed by atoms with Crippen molar-refractivity contribution in [2.45, 2.75) is 55.4 Å². The number of ether oxygens (including phenoxy) is 2. The first-order valence-electron chi connectivity index (χ1n) is 11.8. The molecule has 3 aromatic rings. The fraction of sp³-hybridized carbons (Fsp3) is 0.423. The van der Waals surface area contributed by atoms with Gasteiger partial charge in [-0.25, -0.2) is 13.2 Å². The maximum atomic E-state index is 13.7. The number of thiophene rings is 1. The van der Waals surface area contributed by atoms with Crippen LogP contribution in [0.3, 0.4) is 0 Å². The minimum absolute atomic E-state index is 0.0150. The molecule has 36 heavy (non-hydrogen) atoms. The van der Waals surface area contributed by atoms with Crippen molar-refractivity contribution in [2.24, 2.45) is 0 Å². The summed E-state index contributed by atoms with van der Waals surface area (Å²) in [7, 11) is -3.66. The van der Waals surface area contributed by atoms with Gasteiger partial charge in [0.2, 0.25) is 0 Å².